The minimum Gasteiger partial charge on any atom is -0.370 e. The van der Waals surface area contributed by atoms with Crippen LogP contribution < -0.4 is 11.0 Å². The number of hydrogen-bond donors (Lipinski definition) is 2. The van der Waals surface area contributed by atoms with Crippen LogP contribution >= 0.6 is 11.8 Å². The molecule has 2 aromatic rings. The van der Waals surface area contributed by atoms with E-state index < -0.39 is 0 Å². The van der Waals surface area contributed by atoms with E-state index in [-0.39, 0.29) is 5.69 Å². The fraction of sp³-hybridized carbons (Fsp3) is 0.417. The van der Waals surface area contributed by atoms with Gasteiger partial charge in [-0.3, -0.25) is 4.57 Å². The molecular formula is C12H17N5OS. The Morgan fingerprint density at radius 1 is 1.42 bits per heavy atom. The van der Waals surface area contributed by atoms with Gasteiger partial charge in [0.05, 0.1) is 5.69 Å². The van der Waals surface area contributed by atoms with Crippen LogP contribution in [-0.4, -0.2) is 26.3 Å². The Balaban J connectivity index is 2.05. The highest BCUT2D eigenvalue weighted by atomic mass is 32.2. The number of hydrogen-bond acceptors (Lipinski definition) is 5. The van der Waals surface area contributed by atoms with Gasteiger partial charge in [-0.1, -0.05) is 17.8 Å². The van der Waals surface area contributed by atoms with Gasteiger partial charge in [0.25, 0.3) is 0 Å². The van der Waals surface area contributed by atoms with Gasteiger partial charge in [0.2, 0.25) is 0 Å². The molecule has 102 valence electrons. The molecule has 2 aromatic heterocycles. The largest absolute Gasteiger partial charge is 0.370 e. The predicted molar refractivity (Wildman–Crippen MR) is 76.5 cm³/mol. The van der Waals surface area contributed by atoms with Crippen LogP contribution in [0.4, 0.5) is 5.82 Å². The van der Waals surface area contributed by atoms with Crippen molar-refractivity contribution >= 4 is 17.6 Å². The molecule has 0 atom stereocenters. The van der Waals surface area contributed by atoms with Crippen LogP contribution in [0, 0.1) is 0 Å². The number of H-pyrrole nitrogens is 1. The molecule has 0 saturated carbocycles. The van der Waals surface area contributed by atoms with Gasteiger partial charge in [-0.25, -0.2) is 14.9 Å². The topological polar surface area (TPSA) is 75.6 Å². The quantitative estimate of drug-likeness (QED) is 0.787. The summed E-state index contributed by atoms with van der Waals surface area (Å²) in [5.74, 6) is 1.55. The van der Waals surface area contributed by atoms with E-state index in [2.05, 4.69) is 20.5 Å². The maximum Gasteiger partial charge on any atom is 0.343 e. The summed E-state index contributed by atoms with van der Waals surface area (Å²) in [7, 11) is 0. The second kappa shape index (κ2) is 6.42. The monoisotopic (exact) mass is 279 g/mol. The van der Waals surface area contributed by atoms with Crippen LogP contribution in [-0.2, 0) is 12.3 Å². The SMILES string of the molecule is CCNc1cccc(CSc2n[nH]c(=O)n2CC)n1. The first-order valence-electron chi connectivity index (χ1n) is 6.22. The van der Waals surface area contributed by atoms with Gasteiger partial charge in [-0.05, 0) is 26.0 Å². The number of pyridine rings is 1. The molecule has 0 fully saturated rings. The maximum atomic E-state index is 11.4. The molecule has 0 aliphatic rings. The van der Waals surface area contributed by atoms with E-state index in [0.29, 0.717) is 17.5 Å². The Morgan fingerprint density at radius 2 is 2.26 bits per heavy atom. The smallest absolute Gasteiger partial charge is 0.343 e. The van der Waals surface area contributed by atoms with E-state index in [1.165, 1.54) is 11.8 Å². The highest BCUT2D eigenvalue weighted by molar-refractivity contribution is 7.98. The number of thioether (sulfide) groups is 1. The van der Waals surface area contributed by atoms with Crippen molar-refractivity contribution in [2.24, 2.45) is 0 Å². The van der Waals surface area contributed by atoms with Crippen molar-refractivity contribution in [2.45, 2.75) is 31.3 Å². The molecular weight excluding hydrogens is 262 g/mol. The Hall–Kier alpha value is -1.76. The number of aromatic amines is 1. The molecule has 2 N–H and O–H groups in total. The first kappa shape index (κ1) is 13.7. The van der Waals surface area contributed by atoms with Gasteiger partial charge in [-0.2, -0.15) is 0 Å². The average Bonchev–Trinajstić information content (AvgIpc) is 2.77. The molecule has 0 aliphatic heterocycles. The Bertz CT molecular complexity index is 592. The summed E-state index contributed by atoms with van der Waals surface area (Å²) in [5, 5.41) is 10.3. The fourth-order valence-corrected chi connectivity index (χ4v) is 2.59. The van der Waals surface area contributed by atoms with E-state index in [1.54, 1.807) is 4.57 Å². The van der Waals surface area contributed by atoms with E-state index in [9.17, 15) is 4.79 Å². The number of anilines is 1. The average molecular weight is 279 g/mol. The minimum absolute atomic E-state index is 0.167. The summed E-state index contributed by atoms with van der Waals surface area (Å²) >= 11 is 1.50. The Labute approximate surface area is 115 Å². The first-order chi connectivity index (χ1) is 9.24. The molecule has 0 unspecified atom stereocenters. The van der Waals surface area contributed by atoms with Crippen molar-refractivity contribution in [1.82, 2.24) is 19.7 Å². The second-order valence-corrected chi connectivity index (χ2v) is 4.83. The van der Waals surface area contributed by atoms with Crippen LogP contribution in [0.15, 0.2) is 28.2 Å². The van der Waals surface area contributed by atoms with Crippen molar-refractivity contribution in [2.75, 3.05) is 11.9 Å². The van der Waals surface area contributed by atoms with E-state index in [4.69, 9.17) is 0 Å². The molecule has 2 heterocycles. The number of nitrogens with zero attached hydrogens (tertiary/aromatic N) is 3. The van der Waals surface area contributed by atoms with Crippen LogP contribution in [0.5, 0.6) is 0 Å². The summed E-state index contributed by atoms with van der Waals surface area (Å²) in [6.45, 7) is 5.42. The summed E-state index contributed by atoms with van der Waals surface area (Å²) in [4.78, 5) is 15.9. The van der Waals surface area contributed by atoms with Gasteiger partial charge in [0, 0.05) is 18.8 Å². The normalized spacial score (nSPS) is 10.6. The summed E-state index contributed by atoms with van der Waals surface area (Å²) < 4.78 is 1.61. The van der Waals surface area contributed by atoms with Crippen molar-refractivity contribution < 1.29 is 0 Å². The molecule has 0 radical (unpaired) electrons. The molecule has 0 bridgehead atoms. The van der Waals surface area contributed by atoms with E-state index >= 15 is 0 Å². The number of rotatable bonds is 6. The lowest BCUT2D eigenvalue weighted by molar-refractivity contribution is 0.660. The fourth-order valence-electron chi connectivity index (χ4n) is 1.67. The standard InChI is InChI=1S/C12H17N5OS/c1-3-13-10-7-5-6-9(14-10)8-19-12-16-15-11(18)17(12)4-2/h5-7H,3-4,8H2,1-2H3,(H,13,14)(H,15,18). The lowest BCUT2D eigenvalue weighted by Gasteiger charge is -2.05. The number of aromatic nitrogens is 4. The van der Waals surface area contributed by atoms with Crippen molar-refractivity contribution in [1.29, 1.82) is 0 Å². The molecule has 19 heavy (non-hydrogen) atoms. The van der Waals surface area contributed by atoms with Gasteiger partial charge in [-0.15, -0.1) is 5.10 Å². The van der Waals surface area contributed by atoms with Crippen LogP contribution in [0.1, 0.15) is 19.5 Å². The molecule has 0 spiro atoms. The molecule has 0 aliphatic carbocycles. The van der Waals surface area contributed by atoms with Crippen LogP contribution in [0.25, 0.3) is 0 Å². The third-order valence-corrected chi connectivity index (χ3v) is 3.56. The van der Waals surface area contributed by atoms with E-state index in [0.717, 1.165) is 18.1 Å². The second-order valence-electron chi connectivity index (χ2n) is 3.89. The zero-order chi connectivity index (χ0) is 13.7. The zero-order valence-corrected chi connectivity index (χ0v) is 11.8. The summed E-state index contributed by atoms with van der Waals surface area (Å²) in [6, 6.07) is 5.88. The minimum atomic E-state index is -0.167. The lowest BCUT2D eigenvalue weighted by Crippen LogP contribution is -2.16. The predicted octanol–water partition coefficient (Wildman–Crippen LogP) is 1.71. The third-order valence-electron chi connectivity index (χ3n) is 2.55. The molecule has 2 rings (SSSR count). The highest BCUT2D eigenvalue weighted by Gasteiger charge is 2.07. The van der Waals surface area contributed by atoms with Crippen molar-refractivity contribution in [3.05, 3.63) is 34.4 Å². The van der Waals surface area contributed by atoms with Crippen molar-refractivity contribution in [3.8, 4) is 0 Å². The molecule has 7 heteroatoms. The third kappa shape index (κ3) is 3.37. The molecule has 0 amide bonds. The zero-order valence-electron chi connectivity index (χ0n) is 11.0. The van der Waals surface area contributed by atoms with Crippen LogP contribution in [0.2, 0.25) is 0 Å². The first-order valence-corrected chi connectivity index (χ1v) is 7.21. The maximum absolute atomic E-state index is 11.4. The lowest BCUT2D eigenvalue weighted by atomic mass is 10.4. The van der Waals surface area contributed by atoms with Gasteiger partial charge < -0.3 is 5.32 Å². The van der Waals surface area contributed by atoms with Gasteiger partial charge >= 0.3 is 5.69 Å². The summed E-state index contributed by atoms with van der Waals surface area (Å²) in [5.41, 5.74) is 0.793. The number of nitrogens with one attached hydrogen (secondary N) is 2. The van der Waals surface area contributed by atoms with Crippen LogP contribution in [0.3, 0.4) is 0 Å². The molecule has 0 saturated heterocycles. The summed E-state index contributed by atoms with van der Waals surface area (Å²) in [6.07, 6.45) is 0. The Kier molecular flexibility index (Phi) is 4.62. The van der Waals surface area contributed by atoms with E-state index in [1.807, 2.05) is 32.0 Å². The van der Waals surface area contributed by atoms with Gasteiger partial charge in [0.1, 0.15) is 5.82 Å². The highest BCUT2D eigenvalue weighted by Crippen LogP contribution is 2.19. The van der Waals surface area contributed by atoms with Gasteiger partial charge in [0.15, 0.2) is 5.16 Å². The molecule has 0 aromatic carbocycles. The van der Waals surface area contributed by atoms with Crippen molar-refractivity contribution in [3.63, 3.8) is 0 Å². The molecule has 6 nitrogen and oxygen atoms in total. The Morgan fingerprint density at radius 3 is 3.00 bits per heavy atom.